The average Bonchev–Trinajstić information content (AvgIpc) is 3.40. The van der Waals surface area contributed by atoms with Crippen molar-refractivity contribution in [2.45, 2.75) is 25.2 Å². The van der Waals surface area contributed by atoms with Crippen LogP contribution >= 0.6 is 23.2 Å². The third-order valence-electron chi connectivity index (χ3n) is 5.97. The molecule has 158 valence electrons. The topological polar surface area (TPSA) is 79.0 Å². The molecule has 0 amide bonds. The maximum absolute atomic E-state index is 6.63. The molecule has 5 rings (SSSR count). The summed E-state index contributed by atoms with van der Waals surface area (Å²) in [6.45, 7) is 3.89. The Bertz CT molecular complexity index is 1060. The molecule has 0 atom stereocenters. The zero-order valence-corrected chi connectivity index (χ0v) is 18.3. The zero-order chi connectivity index (χ0) is 20.7. The van der Waals surface area contributed by atoms with Crippen molar-refractivity contribution < 1.29 is 4.74 Å². The largest absolute Gasteiger partial charge is 0.496 e. The summed E-state index contributed by atoms with van der Waals surface area (Å²) >= 11 is 13.1. The van der Waals surface area contributed by atoms with Crippen molar-refractivity contribution in [1.82, 2.24) is 24.8 Å². The molecular weight excluding hydrogens is 423 g/mol. The highest BCUT2D eigenvalue weighted by Gasteiger charge is 2.36. The van der Waals surface area contributed by atoms with Gasteiger partial charge in [-0.3, -0.25) is 0 Å². The van der Waals surface area contributed by atoms with Crippen molar-refractivity contribution in [2.24, 2.45) is 5.92 Å². The summed E-state index contributed by atoms with van der Waals surface area (Å²) < 4.78 is 5.83. The van der Waals surface area contributed by atoms with E-state index in [1.54, 1.807) is 13.4 Å². The molecule has 2 aliphatic rings. The van der Waals surface area contributed by atoms with Crippen molar-refractivity contribution in [3.8, 4) is 5.75 Å². The minimum atomic E-state index is 0.363. The number of fused-ring (bicyclic) bond motifs is 1. The number of methoxy groups -OCH3 is 1. The first kappa shape index (κ1) is 19.8. The lowest BCUT2D eigenvalue weighted by atomic mass is 9.88. The number of nitrogens with one attached hydrogen (secondary N) is 2. The van der Waals surface area contributed by atoms with Gasteiger partial charge in [0.1, 0.15) is 17.6 Å². The predicted octanol–water partition coefficient (Wildman–Crippen LogP) is 4.13. The van der Waals surface area contributed by atoms with Crippen molar-refractivity contribution in [1.29, 1.82) is 0 Å². The molecular formula is C21H24Cl2N6O. The number of aromatic nitrogens is 4. The lowest BCUT2D eigenvalue weighted by Crippen LogP contribution is -2.46. The minimum absolute atomic E-state index is 0.363. The van der Waals surface area contributed by atoms with Crippen molar-refractivity contribution in [3.05, 3.63) is 39.9 Å². The van der Waals surface area contributed by atoms with Crippen LogP contribution in [0, 0.1) is 5.92 Å². The van der Waals surface area contributed by atoms with Crippen molar-refractivity contribution >= 4 is 40.2 Å². The molecule has 1 aromatic carbocycles. The SMILES string of the molecule is COc1c(CCNc2ncnc3[nH]cnc23)cc(Cl)c(Cl)c1C1CN(CC2CC2)C1. The normalized spacial score (nSPS) is 17.3. The third kappa shape index (κ3) is 3.82. The van der Waals surface area contributed by atoms with Crippen LogP contribution in [0.25, 0.3) is 11.2 Å². The summed E-state index contributed by atoms with van der Waals surface area (Å²) in [5.74, 6) is 2.82. The van der Waals surface area contributed by atoms with E-state index in [2.05, 4.69) is 30.2 Å². The lowest BCUT2D eigenvalue weighted by Gasteiger charge is -2.41. The molecule has 0 bridgehead atoms. The number of halogens is 2. The van der Waals surface area contributed by atoms with Crippen molar-refractivity contribution in [2.75, 3.05) is 38.6 Å². The summed E-state index contributed by atoms with van der Waals surface area (Å²) in [6.07, 6.45) is 6.60. The monoisotopic (exact) mass is 446 g/mol. The lowest BCUT2D eigenvalue weighted by molar-refractivity contribution is 0.139. The van der Waals surface area contributed by atoms with Gasteiger partial charge < -0.3 is 19.9 Å². The Morgan fingerprint density at radius 2 is 2.07 bits per heavy atom. The van der Waals surface area contributed by atoms with Crippen LogP contribution in [-0.2, 0) is 6.42 Å². The second-order valence-corrected chi connectivity index (χ2v) is 8.92. The van der Waals surface area contributed by atoms with Crippen LogP contribution < -0.4 is 10.1 Å². The van der Waals surface area contributed by atoms with Crippen LogP contribution in [0.2, 0.25) is 10.0 Å². The van der Waals surface area contributed by atoms with Gasteiger partial charge in [-0.2, -0.15) is 0 Å². The Morgan fingerprint density at radius 3 is 2.83 bits per heavy atom. The fourth-order valence-electron chi connectivity index (χ4n) is 4.25. The first-order valence-electron chi connectivity index (χ1n) is 10.3. The van der Waals surface area contributed by atoms with Crippen LogP contribution in [0.15, 0.2) is 18.7 Å². The Balaban J connectivity index is 1.32. The first-order chi connectivity index (χ1) is 14.6. The van der Waals surface area contributed by atoms with Gasteiger partial charge in [0.05, 0.1) is 23.5 Å². The van der Waals surface area contributed by atoms with Crippen molar-refractivity contribution in [3.63, 3.8) is 0 Å². The van der Waals surface area contributed by atoms with E-state index < -0.39 is 0 Å². The quantitative estimate of drug-likeness (QED) is 0.541. The molecule has 1 aliphatic carbocycles. The third-order valence-corrected chi connectivity index (χ3v) is 6.77. The number of hydrogen-bond donors (Lipinski definition) is 2. The van der Waals surface area contributed by atoms with E-state index in [4.69, 9.17) is 27.9 Å². The fraction of sp³-hybridized carbons (Fsp3) is 0.476. The number of anilines is 1. The number of imidazole rings is 1. The van der Waals surface area contributed by atoms with Gasteiger partial charge in [0.25, 0.3) is 0 Å². The summed E-state index contributed by atoms with van der Waals surface area (Å²) in [4.78, 5) is 18.2. The predicted molar refractivity (Wildman–Crippen MR) is 119 cm³/mol. The Hall–Kier alpha value is -2.09. The molecule has 1 saturated heterocycles. The summed E-state index contributed by atoms with van der Waals surface area (Å²) in [5, 5.41) is 4.55. The van der Waals surface area contributed by atoms with Gasteiger partial charge in [0, 0.05) is 37.7 Å². The number of benzene rings is 1. The smallest absolute Gasteiger partial charge is 0.162 e. The van der Waals surface area contributed by atoms with Gasteiger partial charge in [-0.15, -0.1) is 0 Å². The van der Waals surface area contributed by atoms with Gasteiger partial charge >= 0.3 is 0 Å². The number of H-pyrrole nitrogens is 1. The Labute approximate surface area is 185 Å². The van der Waals surface area contributed by atoms with E-state index in [1.807, 2.05) is 6.07 Å². The van der Waals surface area contributed by atoms with Gasteiger partial charge in [0.15, 0.2) is 11.5 Å². The highest BCUT2D eigenvalue weighted by Crippen LogP contribution is 2.45. The highest BCUT2D eigenvalue weighted by atomic mass is 35.5. The molecule has 0 radical (unpaired) electrons. The molecule has 0 unspecified atom stereocenters. The van der Waals surface area contributed by atoms with Gasteiger partial charge in [-0.1, -0.05) is 23.2 Å². The Morgan fingerprint density at radius 1 is 1.23 bits per heavy atom. The van der Waals surface area contributed by atoms with E-state index in [1.165, 1.54) is 25.7 Å². The van der Waals surface area contributed by atoms with Crippen LogP contribution in [0.5, 0.6) is 5.75 Å². The van der Waals surface area contributed by atoms with Gasteiger partial charge in [0.2, 0.25) is 0 Å². The van der Waals surface area contributed by atoms with Crippen LogP contribution in [0.3, 0.4) is 0 Å². The second-order valence-electron chi connectivity index (χ2n) is 8.14. The number of nitrogens with zero attached hydrogens (tertiary/aromatic N) is 4. The molecule has 2 N–H and O–H groups in total. The van der Waals surface area contributed by atoms with E-state index >= 15 is 0 Å². The molecule has 0 spiro atoms. The Kier molecular flexibility index (Phi) is 5.43. The molecule has 30 heavy (non-hydrogen) atoms. The standard InChI is InChI=1S/C21H24Cl2N6O/c1-30-19-13(4-5-24-20-18-21(26-10-25-18)28-11-27-20)6-15(22)17(23)16(19)14-8-29(9-14)7-12-2-3-12/h6,10-12,14H,2-5,7-9H2,1H3,(H2,24,25,26,27,28). The molecule has 7 nitrogen and oxygen atoms in total. The number of ether oxygens (including phenoxy) is 1. The maximum Gasteiger partial charge on any atom is 0.162 e. The zero-order valence-electron chi connectivity index (χ0n) is 16.8. The molecule has 9 heteroatoms. The van der Waals surface area contributed by atoms with Crippen LogP contribution in [0.1, 0.15) is 29.9 Å². The first-order valence-corrected chi connectivity index (χ1v) is 11.0. The number of likely N-dealkylation sites (tertiary alicyclic amines) is 1. The van der Waals surface area contributed by atoms with Crippen LogP contribution in [0.4, 0.5) is 5.82 Å². The second kappa shape index (κ2) is 8.21. The van der Waals surface area contributed by atoms with E-state index in [9.17, 15) is 0 Å². The fourth-order valence-corrected chi connectivity index (χ4v) is 4.78. The molecule has 2 aromatic heterocycles. The molecule has 2 fully saturated rings. The van der Waals surface area contributed by atoms with E-state index in [0.717, 1.165) is 47.8 Å². The maximum atomic E-state index is 6.63. The van der Waals surface area contributed by atoms with E-state index in [-0.39, 0.29) is 0 Å². The summed E-state index contributed by atoms with van der Waals surface area (Å²) in [6, 6.07) is 1.92. The molecule has 3 heterocycles. The molecule has 1 aliphatic heterocycles. The summed E-state index contributed by atoms with van der Waals surface area (Å²) in [5.41, 5.74) is 3.53. The number of aromatic amines is 1. The average molecular weight is 447 g/mol. The van der Waals surface area contributed by atoms with Gasteiger partial charge in [-0.05, 0) is 36.8 Å². The number of hydrogen-bond acceptors (Lipinski definition) is 6. The van der Waals surface area contributed by atoms with Gasteiger partial charge in [-0.25, -0.2) is 15.0 Å². The summed E-state index contributed by atoms with van der Waals surface area (Å²) in [7, 11) is 1.71. The minimum Gasteiger partial charge on any atom is -0.496 e. The highest BCUT2D eigenvalue weighted by molar-refractivity contribution is 6.42. The van der Waals surface area contributed by atoms with E-state index in [0.29, 0.717) is 34.0 Å². The molecule has 1 saturated carbocycles. The number of rotatable bonds is 8. The molecule has 3 aromatic rings. The van der Waals surface area contributed by atoms with Crippen LogP contribution in [-0.4, -0.2) is 58.1 Å².